The zero-order valence-corrected chi connectivity index (χ0v) is 11.5. The normalized spacial score (nSPS) is 14.6. The van der Waals surface area contributed by atoms with Crippen LogP contribution in [0.1, 0.15) is 39.2 Å². The fourth-order valence-corrected chi connectivity index (χ4v) is 2.06. The van der Waals surface area contributed by atoms with Gasteiger partial charge in [0.25, 0.3) is 0 Å². The van der Waals surface area contributed by atoms with Gasteiger partial charge in [-0.25, -0.2) is 4.39 Å². The summed E-state index contributed by atoms with van der Waals surface area (Å²) in [5.74, 6) is 0.453. The summed E-state index contributed by atoms with van der Waals surface area (Å²) in [7, 11) is 0. The van der Waals surface area contributed by atoms with Crippen LogP contribution in [0.5, 0.6) is 0 Å². The van der Waals surface area contributed by atoms with Gasteiger partial charge in [0.05, 0.1) is 0 Å². The van der Waals surface area contributed by atoms with E-state index in [0.29, 0.717) is 29.1 Å². The van der Waals surface area contributed by atoms with Crippen LogP contribution in [0.15, 0.2) is 18.2 Å². The smallest absolute Gasteiger partial charge is 0.129 e. The predicted octanol–water partition coefficient (Wildman–Crippen LogP) is 4.39. The highest BCUT2D eigenvalue weighted by Crippen LogP contribution is 2.19. The monoisotopic (exact) mass is 257 g/mol. The van der Waals surface area contributed by atoms with Crippen molar-refractivity contribution in [3.63, 3.8) is 0 Å². The highest BCUT2D eigenvalue weighted by Gasteiger charge is 2.10. The van der Waals surface area contributed by atoms with Crippen molar-refractivity contribution in [3.8, 4) is 0 Å². The molecule has 0 spiro atoms. The van der Waals surface area contributed by atoms with Gasteiger partial charge in [0.2, 0.25) is 0 Å². The molecular formula is C14H21ClFN. The number of hydrogen-bond acceptors (Lipinski definition) is 1. The Morgan fingerprint density at radius 1 is 1.35 bits per heavy atom. The molecule has 0 saturated heterocycles. The highest BCUT2D eigenvalue weighted by molar-refractivity contribution is 6.31. The molecule has 0 aromatic heterocycles. The van der Waals surface area contributed by atoms with E-state index in [4.69, 9.17) is 11.6 Å². The van der Waals surface area contributed by atoms with E-state index in [0.717, 1.165) is 6.42 Å². The van der Waals surface area contributed by atoms with Crippen LogP contribution in [0.4, 0.5) is 4.39 Å². The summed E-state index contributed by atoms with van der Waals surface area (Å²) < 4.78 is 13.5. The highest BCUT2D eigenvalue weighted by atomic mass is 35.5. The molecule has 0 amide bonds. The number of hydrogen-bond donors (Lipinski definition) is 1. The van der Waals surface area contributed by atoms with E-state index in [1.165, 1.54) is 12.5 Å². The van der Waals surface area contributed by atoms with Crippen molar-refractivity contribution in [3.05, 3.63) is 34.6 Å². The Bertz CT molecular complexity index is 334. The van der Waals surface area contributed by atoms with Gasteiger partial charge in [-0.1, -0.05) is 37.9 Å². The van der Waals surface area contributed by atoms with E-state index in [1.807, 2.05) is 0 Å². The number of nitrogens with one attached hydrogen (secondary N) is 1. The third-order valence-electron chi connectivity index (χ3n) is 3.14. The molecular weight excluding hydrogens is 237 g/mol. The van der Waals surface area contributed by atoms with Gasteiger partial charge < -0.3 is 5.32 Å². The zero-order chi connectivity index (χ0) is 12.8. The van der Waals surface area contributed by atoms with Crippen LogP contribution in [0, 0.1) is 11.7 Å². The summed E-state index contributed by atoms with van der Waals surface area (Å²) in [6.07, 6.45) is 2.27. The number of benzene rings is 1. The molecule has 1 nitrogen and oxygen atoms in total. The maximum atomic E-state index is 13.5. The van der Waals surface area contributed by atoms with Crippen molar-refractivity contribution in [2.75, 3.05) is 0 Å². The predicted molar refractivity (Wildman–Crippen MR) is 71.8 cm³/mol. The molecule has 0 fully saturated rings. The minimum Gasteiger partial charge on any atom is -0.310 e. The van der Waals surface area contributed by atoms with Gasteiger partial charge >= 0.3 is 0 Å². The molecule has 1 rings (SSSR count). The van der Waals surface area contributed by atoms with Crippen molar-refractivity contribution in [1.82, 2.24) is 5.32 Å². The molecule has 0 aliphatic carbocycles. The molecule has 0 radical (unpaired) electrons. The third kappa shape index (κ3) is 4.64. The van der Waals surface area contributed by atoms with Gasteiger partial charge in [0.15, 0.2) is 0 Å². The van der Waals surface area contributed by atoms with Gasteiger partial charge in [-0.15, -0.1) is 0 Å². The van der Waals surface area contributed by atoms with E-state index in [2.05, 4.69) is 26.1 Å². The van der Waals surface area contributed by atoms with Gasteiger partial charge in [-0.3, -0.25) is 0 Å². The first kappa shape index (κ1) is 14.5. The van der Waals surface area contributed by atoms with Crippen molar-refractivity contribution in [2.45, 2.75) is 46.2 Å². The third-order valence-corrected chi connectivity index (χ3v) is 3.50. The SMILES string of the molecule is CCC(C)CC(C)NCc1c(F)cccc1Cl. The van der Waals surface area contributed by atoms with Gasteiger partial charge in [-0.2, -0.15) is 0 Å². The summed E-state index contributed by atoms with van der Waals surface area (Å²) in [6.45, 7) is 7.03. The molecule has 2 unspecified atom stereocenters. The van der Waals surface area contributed by atoms with Crippen molar-refractivity contribution < 1.29 is 4.39 Å². The Morgan fingerprint density at radius 3 is 2.65 bits per heavy atom. The number of rotatable bonds is 6. The van der Waals surface area contributed by atoms with E-state index in [9.17, 15) is 4.39 Å². The van der Waals surface area contributed by atoms with Crippen LogP contribution in [-0.4, -0.2) is 6.04 Å². The summed E-state index contributed by atoms with van der Waals surface area (Å²) in [5.41, 5.74) is 0.560. The Labute approximate surface area is 108 Å². The minimum atomic E-state index is -0.235. The maximum absolute atomic E-state index is 13.5. The molecule has 2 atom stereocenters. The van der Waals surface area contributed by atoms with E-state index in [1.54, 1.807) is 12.1 Å². The second-order valence-electron chi connectivity index (χ2n) is 4.73. The summed E-state index contributed by atoms with van der Waals surface area (Å²) >= 11 is 5.97. The lowest BCUT2D eigenvalue weighted by Crippen LogP contribution is -2.27. The topological polar surface area (TPSA) is 12.0 Å². The molecule has 0 bridgehead atoms. The molecule has 1 aromatic carbocycles. The van der Waals surface area contributed by atoms with Crippen LogP contribution in [0.3, 0.4) is 0 Å². The Kier molecular flexibility index (Phi) is 5.93. The largest absolute Gasteiger partial charge is 0.310 e. The van der Waals surface area contributed by atoms with E-state index >= 15 is 0 Å². The first-order valence-electron chi connectivity index (χ1n) is 6.20. The van der Waals surface area contributed by atoms with Crippen LogP contribution in [-0.2, 0) is 6.54 Å². The van der Waals surface area contributed by atoms with Crippen molar-refractivity contribution in [2.24, 2.45) is 5.92 Å². The lowest BCUT2D eigenvalue weighted by molar-refractivity contribution is 0.409. The quantitative estimate of drug-likeness (QED) is 0.797. The molecule has 0 aliphatic heterocycles. The molecule has 96 valence electrons. The fraction of sp³-hybridized carbons (Fsp3) is 0.571. The van der Waals surface area contributed by atoms with Gasteiger partial charge in [0, 0.05) is 23.2 Å². The van der Waals surface area contributed by atoms with E-state index in [-0.39, 0.29) is 5.82 Å². The molecule has 0 heterocycles. The van der Waals surface area contributed by atoms with Gasteiger partial charge in [-0.05, 0) is 31.4 Å². The first-order valence-corrected chi connectivity index (χ1v) is 6.58. The molecule has 0 saturated carbocycles. The molecule has 17 heavy (non-hydrogen) atoms. The summed E-state index contributed by atoms with van der Waals surface area (Å²) in [6, 6.07) is 5.17. The lowest BCUT2D eigenvalue weighted by Gasteiger charge is -2.18. The second-order valence-corrected chi connectivity index (χ2v) is 5.14. The molecule has 3 heteroatoms. The zero-order valence-electron chi connectivity index (χ0n) is 10.8. The van der Waals surface area contributed by atoms with Gasteiger partial charge in [0.1, 0.15) is 5.82 Å². The standard InChI is InChI=1S/C14H21ClFN/c1-4-10(2)8-11(3)17-9-12-13(15)6-5-7-14(12)16/h5-7,10-11,17H,4,8-9H2,1-3H3. The fourth-order valence-electron chi connectivity index (χ4n) is 1.83. The average molecular weight is 258 g/mol. The molecule has 1 aromatic rings. The van der Waals surface area contributed by atoms with Crippen LogP contribution in [0.2, 0.25) is 5.02 Å². The van der Waals surface area contributed by atoms with Crippen molar-refractivity contribution in [1.29, 1.82) is 0 Å². The number of halogens is 2. The summed E-state index contributed by atoms with van der Waals surface area (Å²) in [4.78, 5) is 0. The molecule has 1 N–H and O–H groups in total. The van der Waals surface area contributed by atoms with Crippen LogP contribution >= 0.6 is 11.6 Å². The summed E-state index contributed by atoms with van der Waals surface area (Å²) in [5, 5.41) is 3.82. The minimum absolute atomic E-state index is 0.235. The average Bonchev–Trinajstić information content (AvgIpc) is 2.28. The first-order chi connectivity index (χ1) is 8.04. The van der Waals surface area contributed by atoms with Crippen LogP contribution < -0.4 is 5.32 Å². The molecule has 0 aliphatic rings. The Balaban J connectivity index is 2.50. The van der Waals surface area contributed by atoms with E-state index < -0.39 is 0 Å². The lowest BCUT2D eigenvalue weighted by atomic mass is 10.0. The maximum Gasteiger partial charge on any atom is 0.129 e. The second kappa shape index (κ2) is 6.97. The Hall–Kier alpha value is -0.600. The van der Waals surface area contributed by atoms with Crippen molar-refractivity contribution >= 4 is 11.6 Å². The van der Waals surface area contributed by atoms with Crippen LogP contribution in [0.25, 0.3) is 0 Å². The Morgan fingerprint density at radius 2 is 2.06 bits per heavy atom.